The molecular formula is C18H21BrFN. The van der Waals surface area contributed by atoms with Gasteiger partial charge >= 0.3 is 0 Å². The van der Waals surface area contributed by atoms with Gasteiger partial charge in [-0.25, -0.2) is 4.39 Å². The average molecular weight is 350 g/mol. The van der Waals surface area contributed by atoms with Crippen LogP contribution in [0.25, 0.3) is 0 Å². The van der Waals surface area contributed by atoms with Gasteiger partial charge in [0.15, 0.2) is 0 Å². The molecule has 0 bridgehead atoms. The summed E-state index contributed by atoms with van der Waals surface area (Å²) in [6.45, 7) is 8.31. The van der Waals surface area contributed by atoms with E-state index in [1.54, 1.807) is 6.07 Å². The SMILES string of the molecule is Cc1ccc(C)c(C(C)NC(C)c2cc(Br)ccc2F)c1. The van der Waals surface area contributed by atoms with Crippen molar-refractivity contribution in [3.05, 3.63) is 68.9 Å². The molecule has 3 heteroatoms. The summed E-state index contributed by atoms with van der Waals surface area (Å²) in [5, 5.41) is 3.49. The Hall–Kier alpha value is -1.19. The third-order valence-corrected chi connectivity index (χ3v) is 4.32. The number of hydrogen-bond donors (Lipinski definition) is 1. The summed E-state index contributed by atoms with van der Waals surface area (Å²) in [7, 11) is 0. The Morgan fingerprint density at radius 1 is 0.952 bits per heavy atom. The van der Waals surface area contributed by atoms with Crippen molar-refractivity contribution in [3.63, 3.8) is 0 Å². The van der Waals surface area contributed by atoms with E-state index < -0.39 is 0 Å². The van der Waals surface area contributed by atoms with E-state index in [1.807, 2.05) is 13.0 Å². The van der Waals surface area contributed by atoms with Gasteiger partial charge in [-0.15, -0.1) is 0 Å². The predicted molar refractivity (Wildman–Crippen MR) is 90.0 cm³/mol. The maximum Gasteiger partial charge on any atom is 0.128 e. The second-order valence-electron chi connectivity index (χ2n) is 5.64. The van der Waals surface area contributed by atoms with Crippen molar-refractivity contribution >= 4 is 15.9 Å². The van der Waals surface area contributed by atoms with Gasteiger partial charge in [0, 0.05) is 22.1 Å². The first-order chi connectivity index (χ1) is 9.88. The minimum atomic E-state index is -0.175. The van der Waals surface area contributed by atoms with Crippen molar-refractivity contribution in [1.82, 2.24) is 5.32 Å². The fraction of sp³-hybridized carbons (Fsp3) is 0.333. The van der Waals surface area contributed by atoms with Crippen LogP contribution in [0.2, 0.25) is 0 Å². The number of nitrogens with one attached hydrogen (secondary N) is 1. The van der Waals surface area contributed by atoms with E-state index in [1.165, 1.54) is 22.8 Å². The van der Waals surface area contributed by atoms with Crippen molar-refractivity contribution in [3.8, 4) is 0 Å². The molecule has 0 aliphatic carbocycles. The Balaban J connectivity index is 2.20. The molecule has 1 N–H and O–H groups in total. The first kappa shape index (κ1) is 16.2. The van der Waals surface area contributed by atoms with Gasteiger partial charge < -0.3 is 5.32 Å². The molecule has 0 saturated heterocycles. The van der Waals surface area contributed by atoms with Crippen molar-refractivity contribution in [2.45, 2.75) is 39.8 Å². The van der Waals surface area contributed by atoms with E-state index in [4.69, 9.17) is 0 Å². The quantitative estimate of drug-likeness (QED) is 0.755. The Bertz CT molecular complexity index is 584. The third-order valence-electron chi connectivity index (χ3n) is 3.83. The Morgan fingerprint density at radius 2 is 1.62 bits per heavy atom. The molecule has 2 rings (SSSR count). The molecule has 0 radical (unpaired) electrons. The fourth-order valence-electron chi connectivity index (χ4n) is 2.63. The van der Waals surface area contributed by atoms with Gasteiger partial charge in [0.1, 0.15) is 5.82 Å². The van der Waals surface area contributed by atoms with Gasteiger partial charge in [0.25, 0.3) is 0 Å². The van der Waals surface area contributed by atoms with Crippen LogP contribution in [0.15, 0.2) is 40.9 Å². The molecule has 0 saturated carbocycles. The van der Waals surface area contributed by atoms with Crippen LogP contribution in [0.4, 0.5) is 4.39 Å². The number of hydrogen-bond acceptors (Lipinski definition) is 1. The number of halogens is 2. The molecule has 112 valence electrons. The smallest absolute Gasteiger partial charge is 0.128 e. The molecule has 0 aliphatic rings. The highest BCUT2D eigenvalue weighted by Crippen LogP contribution is 2.26. The maximum atomic E-state index is 14.0. The molecule has 2 aromatic carbocycles. The van der Waals surface area contributed by atoms with E-state index in [0.29, 0.717) is 5.56 Å². The number of rotatable bonds is 4. The van der Waals surface area contributed by atoms with Crippen LogP contribution < -0.4 is 5.32 Å². The average Bonchev–Trinajstić information content (AvgIpc) is 2.43. The second kappa shape index (κ2) is 6.71. The Labute approximate surface area is 134 Å². The van der Waals surface area contributed by atoms with Crippen molar-refractivity contribution in [1.29, 1.82) is 0 Å². The van der Waals surface area contributed by atoms with Crippen molar-refractivity contribution in [2.24, 2.45) is 0 Å². The molecule has 0 fully saturated rings. The summed E-state index contributed by atoms with van der Waals surface area (Å²) in [4.78, 5) is 0. The third kappa shape index (κ3) is 3.92. The highest BCUT2D eigenvalue weighted by Gasteiger charge is 2.16. The zero-order valence-electron chi connectivity index (χ0n) is 12.9. The summed E-state index contributed by atoms with van der Waals surface area (Å²) in [5.41, 5.74) is 4.44. The van der Waals surface area contributed by atoms with Crippen LogP contribution in [0.3, 0.4) is 0 Å². The molecule has 0 aliphatic heterocycles. The van der Waals surface area contributed by atoms with E-state index in [0.717, 1.165) is 4.47 Å². The standard InChI is InChI=1S/C18H21BrFN/c1-11-5-6-12(2)16(9-11)13(3)21-14(4)17-10-15(19)7-8-18(17)20/h5-10,13-14,21H,1-4H3. The van der Waals surface area contributed by atoms with Crippen LogP contribution in [-0.2, 0) is 0 Å². The maximum absolute atomic E-state index is 14.0. The molecular weight excluding hydrogens is 329 g/mol. The van der Waals surface area contributed by atoms with Crippen LogP contribution >= 0.6 is 15.9 Å². The number of benzene rings is 2. The van der Waals surface area contributed by atoms with Crippen LogP contribution in [-0.4, -0.2) is 0 Å². The fourth-order valence-corrected chi connectivity index (χ4v) is 3.01. The molecule has 1 nitrogen and oxygen atoms in total. The summed E-state index contributed by atoms with van der Waals surface area (Å²) in [6.07, 6.45) is 0. The lowest BCUT2D eigenvalue weighted by Gasteiger charge is -2.23. The van der Waals surface area contributed by atoms with Gasteiger partial charge in [-0.3, -0.25) is 0 Å². The van der Waals surface area contributed by atoms with Crippen molar-refractivity contribution < 1.29 is 4.39 Å². The predicted octanol–water partition coefficient (Wildman–Crippen LogP) is 5.62. The first-order valence-electron chi connectivity index (χ1n) is 7.16. The monoisotopic (exact) mass is 349 g/mol. The minimum absolute atomic E-state index is 0.0580. The van der Waals surface area contributed by atoms with Crippen LogP contribution in [0.5, 0.6) is 0 Å². The second-order valence-corrected chi connectivity index (χ2v) is 6.55. The molecule has 0 heterocycles. The first-order valence-corrected chi connectivity index (χ1v) is 7.96. The lowest BCUT2D eigenvalue weighted by Crippen LogP contribution is -2.24. The zero-order valence-corrected chi connectivity index (χ0v) is 14.5. The highest BCUT2D eigenvalue weighted by molar-refractivity contribution is 9.10. The van der Waals surface area contributed by atoms with Crippen molar-refractivity contribution in [2.75, 3.05) is 0 Å². The molecule has 0 amide bonds. The molecule has 2 atom stereocenters. The summed E-state index contributed by atoms with van der Waals surface area (Å²) < 4.78 is 14.9. The normalized spacial score (nSPS) is 14.0. The molecule has 0 aromatic heterocycles. The van der Waals surface area contributed by atoms with E-state index in [9.17, 15) is 4.39 Å². The number of aryl methyl sites for hydroxylation is 2. The minimum Gasteiger partial charge on any atom is -0.304 e. The highest BCUT2D eigenvalue weighted by atomic mass is 79.9. The van der Waals surface area contributed by atoms with Gasteiger partial charge in [-0.1, -0.05) is 39.7 Å². The lowest BCUT2D eigenvalue weighted by molar-refractivity contribution is 0.472. The molecule has 0 spiro atoms. The zero-order chi connectivity index (χ0) is 15.6. The molecule has 2 unspecified atom stereocenters. The van der Waals surface area contributed by atoms with Crippen LogP contribution in [0, 0.1) is 19.7 Å². The van der Waals surface area contributed by atoms with Gasteiger partial charge in [0.2, 0.25) is 0 Å². The summed E-state index contributed by atoms with van der Waals surface area (Å²) >= 11 is 3.40. The largest absolute Gasteiger partial charge is 0.304 e. The van der Waals surface area contributed by atoms with Gasteiger partial charge in [-0.05, 0) is 57.0 Å². The molecule has 2 aromatic rings. The Morgan fingerprint density at radius 3 is 2.33 bits per heavy atom. The Kier molecular flexibility index (Phi) is 5.17. The topological polar surface area (TPSA) is 12.0 Å². The summed E-state index contributed by atoms with van der Waals surface area (Å²) in [5.74, 6) is -0.175. The van der Waals surface area contributed by atoms with Gasteiger partial charge in [-0.2, -0.15) is 0 Å². The van der Waals surface area contributed by atoms with E-state index in [2.05, 4.69) is 60.2 Å². The van der Waals surface area contributed by atoms with E-state index in [-0.39, 0.29) is 17.9 Å². The van der Waals surface area contributed by atoms with Crippen LogP contribution in [0.1, 0.15) is 48.2 Å². The lowest BCUT2D eigenvalue weighted by atomic mass is 9.98. The van der Waals surface area contributed by atoms with E-state index >= 15 is 0 Å². The van der Waals surface area contributed by atoms with Gasteiger partial charge in [0.05, 0.1) is 0 Å². The molecule has 21 heavy (non-hydrogen) atoms. The summed E-state index contributed by atoms with van der Waals surface area (Å²) in [6, 6.07) is 11.6.